The van der Waals surface area contributed by atoms with E-state index in [9.17, 15) is 0 Å². The fourth-order valence-electron chi connectivity index (χ4n) is 1.82. The van der Waals surface area contributed by atoms with Crippen molar-refractivity contribution in [1.82, 2.24) is 9.55 Å². The van der Waals surface area contributed by atoms with Crippen molar-refractivity contribution in [3.8, 4) is 5.75 Å². The monoisotopic (exact) mass is 301 g/mol. The highest BCUT2D eigenvalue weighted by atomic mass is 16.6. The predicted molar refractivity (Wildman–Crippen MR) is 87.2 cm³/mol. The molecule has 0 fully saturated rings. The van der Waals surface area contributed by atoms with Crippen LogP contribution in [0.15, 0.2) is 48.1 Å². The molecule has 0 bridgehead atoms. The zero-order valence-electron chi connectivity index (χ0n) is 13.4. The minimum absolute atomic E-state index is 0.0233. The van der Waals surface area contributed by atoms with Gasteiger partial charge in [-0.05, 0) is 44.5 Å². The van der Waals surface area contributed by atoms with Crippen molar-refractivity contribution >= 4 is 5.84 Å². The standard InChI is InChI=1S/C17H23N3O2/c1-4-5-12-21-16-8-6-15(7-9-16)17(19-22-14(2)3)20-11-10-18-13-20/h6-11,13-14H,4-5,12H2,1-3H3. The highest BCUT2D eigenvalue weighted by Gasteiger charge is 2.08. The summed E-state index contributed by atoms with van der Waals surface area (Å²) in [5, 5.41) is 4.24. The lowest BCUT2D eigenvalue weighted by molar-refractivity contribution is 0.0853. The van der Waals surface area contributed by atoms with Gasteiger partial charge < -0.3 is 9.57 Å². The van der Waals surface area contributed by atoms with Crippen LogP contribution in [0, 0.1) is 0 Å². The summed E-state index contributed by atoms with van der Waals surface area (Å²) in [6.07, 6.45) is 7.47. The summed E-state index contributed by atoms with van der Waals surface area (Å²) in [7, 11) is 0. The molecule has 5 heteroatoms. The Morgan fingerprint density at radius 1 is 1.27 bits per heavy atom. The van der Waals surface area contributed by atoms with Gasteiger partial charge in [0.05, 0.1) is 6.61 Å². The number of benzene rings is 1. The third kappa shape index (κ3) is 4.62. The van der Waals surface area contributed by atoms with Gasteiger partial charge in [0, 0.05) is 18.0 Å². The lowest BCUT2D eigenvalue weighted by Crippen LogP contribution is -2.13. The largest absolute Gasteiger partial charge is 0.494 e. The third-order valence-corrected chi connectivity index (χ3v) is 2.98. The summed E-state index contributed by atoms with van der Waals surface area (Å²) in [6.45, 7) is 6.78. The molecule has 0 aliphatic carbocycles. The Morgan fingerprint density at radius 3 is 2.64 bits per heavy atom. The van der Waals surface area contributed by atoms with Crippen LogP contribution in [0.1, 0.15) is 39.2 Å². The number of hydrogen-bond acceptors (Lipinski definition) is 4. The molecule has 2 rings (SSSR count). The summed E-state index contributed by atoms with van der Waals surface area (Å²) in [6, 6.07) is 7.85. The minimum atomic E-state index is 0.0233. The molecule has 1 heterocycles. The number of ether oxygens (including phenoxy) is 1. The molecule has 0 unspecified atom stereocenters. The maximum Gasteiger partial charge on any atom is 0.184 e. The summed E-state index contributed by atoms with van der Waals surface area (Å²) < 4.78 is 7.51. The average molecular weight is 301 g/mol. The van der Waals surface area contributed by atoms with Crippen LogP contribution in [0.25, 0.3) is 0 Å². The lowest BCUT2D eigenvalue weighted by Gasteiger charge is -2.10. The van der Waals surface area contributed by atoms with Gasteiger partial charge in [-0.15, -0.1) is 0 Å². The molecule has 1 aromatic heterocycles. The van der Waals surface area contributed by atoms with Crippen molar-refractivity contribution in [2.45, 2.75) is 39.7 Å². The highest BCUT2D eigenvalue weighted by Crippen LogP contribution is 2.14. The van der Waals surface area contributed by atoms with E-state index in [0.717, 1.165) is 30.8 Å². The molecule has 0 atom stereocenters. The van der Waals surface area contributed by atoms with E-state index in [2.05, 4.69) is 17.1 Å². The first-order chi connectivity index (χ1) is 10.7. The second-order valence-corrected chi connectivity index (χ2v) is 5.27. The molecule has 1 aromatic carbocycles. The fraction of sp³-hybridized carbons (Fsp3) is 0.412. The fourth-order valence-corrected chi connectivity index (χ4v) is 1.82. The van der Waals surface area contributed by atoms with E-state index >= 15 is 0 Å². The second kappa shape index (κ2) is 8.22. The van der Waals surface area contributed by atoms with E-state index in [-0.39, 0.29) is 6.10 Å². The molecular formula is C17H23N3O2. The van der Waals surface area contributed by atoms with Gasteiger partial charge in [-0.2, -0.15) is 0 Å². The smallest absolute Gasteiger partial charge is 0.184 e. The Balaban J connectivity index is 2.16. The van der Waals surface area contributed by atoms with Gasteiger partial charge in [0.15, 0.2) is 5.84 Å². The van der Waals surface area contributed by atoms with E-state index in [1.165, 1.54) is 0 Å². The van der Waals surface area contributed by atoms with Gasteiger partial charge in [-0.1, -0.05) is 18.5 Å². The van der Waals surface area contributed by atoms with E-state index in [0.29, 0.717) is 5.84 Å². The minimum Gasteiger partial charge on any atom is -0.494 e. The molecule has 0 saturated carbocycles. The molecular weight excluding hydrogens is 278 g/mol. The van der Waals surface area contributed by atoms with Gasteiger partial charge in [-0.25, -0.2) is 4.98 Å². The summed E-state index contributed by atoms with van der Waals surface area (Å²) in [4.78, 5) is 9.47. The highest BCUT2D eigenvalue weighted by molar-refractivity contribution is 6.00. The molecule has 5 nitrogen and oxygen atoms in total. The molecule has 0 aliphatic heterocycles. The number of nitrogens with zero attached hydrogens (tertiary/aromatic N) is 3. The number of rotatable bonds is 7. The number of oxime groups is 1. The van der Waals surface area contributed by atoms with Gasteiger partial charge in [0.2, 0.25) is 0 Å². The third-order valence-electron chi connectivity index (χ3n) is 2.98. The van der Waals surface area contributed by atoms with Crippen LogP contribution in [0.2, 0.25) is 0 Å². The maximum absolute atomic E-state index is 5.68. The van der Waals surface area contributed by atoms with Crippen LogP contribution >= 0.6 is 0 Å². The van der Waals surface area contributed by atoms with Crippen molar-refractivity contribution in [3.63, 3.8) is 0 Å². The first kappa shape index (κ1) is 16.1. The topological polar surface area (TPSA) is 48.6 Å². The average Bonchev–Trinajstić information content (AvgIpc) is 3.03. The van der Waals surface area contributed by atoms with E-state index in [1.807, 2.05) is 48.9 Å². The van der Waals surface area contributed by atoms with Crippen LogP contribution in [0.3, 0.4) is 0 Å². The van der Waals surface area contributed by atoms with Gasteiger partial charge in [-0.3, -0.25) is 4.57 Å². The number of unbranched alkanes of at least 4 members (excludes halogenated alkanes) is 1. The van der Waals surface area contributed by atoms with Gasteiger partial charge >= 0.3 is 0 Å². The maximum atomic E-state index is 5.68. The molecule has 2 aromatic rings. The van der Waals surface area contributed by atoms with Crippen LogP contribution < -0.4 is 4.74 Å². The zero-order valence-corrected chi connectivity index (χ0v) is 13.4. The van der Waals surface area contributed by atoms with Crippen molar-refractivity contribution in [2.24, 2.45) is 5.16 Å². The van der Waals surface area contributed by atoms with Crippen LogP contribution in [-0.4, -0.2) is 28.1 Å². The normalized spacial score (nSPS) is 11.7. The molecule has 118 valence electrons. The van der Waals surface area contributed by atoms with Crippen molar-refractivity contribution in [1.29, 1.82) is 0 Å². The van der Waals surface area contributed by atoms with Crippen LogP contribution in [0.5, 0.6) is 5.75 Å². The Bertz CT molecular complexity index is 574. The molecule has 0 saturated heterocycles. The molecule has 0 amide bonds. The number of hydrogen-bond donors (Lipinski definition) is 0. The molecule has 22 heavy (non-hydrogen) atoms. The van der Waals surface area contributed by atoms with E-state index in [4.69, 9.17) is 9.57 Å². The summed E-state index contributed by atoms with van der Waals surface area (Å²) in [5.41, 5.74) is 0.946. The number of imidazole rings is 1. The van der Waals surface area contributed by atoms with Gasteiger partial charge in [0.1, 0.15) is 18.2 Å². The Hall–Kier alpha value is -2.30. The predicted octanol–water partition coefficient (Wildman–Crippen LogP) is 3.70. The Morgan fingerprint density at radius 2 is 2.05 bits per heavy atom. The molecule has 0 aliphatic rings. The SMILES string of the molecule is CCCCOc1ccc(C(=NOC(C)C)n2ccnc2)cc1. The zero-order chi connectivity index (χ0) is 15.8. The van der Waals surface area contributed by atoms with Crippen molar-refractivity contribution < 1.29 is 9.57 Å². The van der Waals surface area contributed by atoms with E-state index < -0.39 is 0 Å². The summed E-state index contributed by atoms with van der Waals surface area (Å²) >= 11 is 0. The summed E-state index contributed by atoms with van der Waals surface area (Å²) in [5.74, 6) is 1.57. The van der Waals surface area contributed by atoms with Crippen LogP contribution in [0.4, 0.5) is 0 Å². The first-order valence-corrected chi connectivity index (χ1v) is 7.66. The van der Waals surface area contributed by atoms with Crippen molar-refractivity contribution in [2.75, 3.05) is 6.61 Å². The van der Waals surface area contributed by atoms with Gasteiger partial charge in [0.25, 0.3) is 0 Å². The number of aromatic nitrogens is 2. The Labute approximate surface area is 131 Å². The second-order valence-electron chi connectivity index (χ2n) is 5.27. The van der Waals surface area contributed by atoms with Crippen molar-refractivity contribution in [3.05, 3.63) is 48.5 Å². The molecule has 0 radical (unpaired) electrons. The lowest BCUT2D eigenvalue weighted by atomic mass is 10.2. The van der Waals surface area contributed by atoms with Crippen LogP contribution in [-0.2, 0) is 4.84 Å². The molecule has 0 spiro atoms. The first-order valence-electron chi connectivity index (χ1n) is 7.66. The quantitative estimate of drug-likeness (QED) is 0.339. The van der Waals surface area contributed by atoms with E-state index in [1.54, 1.807) is 12.5 Å². The molecule has 0 N–H and O–H groups in total. The Kier molecular flexibility index (Phi) is 6.01.